The summed E-state index contributed by atoms with van der Waals surface area (Å²) in [5, 5.41) is 9.95. The molecule has 1 unspecified atom stereocenters. The van der Waals surface area contributed by atoms with Crippen molar-refractivity contribution in [3.8, 4) is 0 Å². The first-order chi connectivity index (χ1) is 5.70. The van der Waals surface area contributed by atoms with Crippen molar-refractivity contribution < 1.29 is 9.50 Å². The molecule has 1 aromatic carbocycles. The molecule has 64 valence electrons. The van der Waals surface area contributed by atoms with Crippen LogP contribution < -0.4 is 0 Å². The van der Waals surface area contributed by atoms with Crippen molar-refractivity contribution >= 4 is 11.6 Å². The van der Waals surface area contributed by atoms with Gasteiger partial charge in [-0.2, -0.15) is 0 Å². The molecule has 0 spiro atoms. The van der Waals surface area contributed by atoms with Gasteiger partial charge < -0.3 is 5.11 Å². The summed E-state index contributed by atoms with van der Waals surface area (Å²) in [5.41, 5.74) is 1.16. The Morgan fingerprint density at radius 1 is 1.50 bits per heavy atom. The molecule has 1 aliphatic carbocycles. The van der Waals surface area contributed by atoms with Gasteiger partial charge in [-0.15, -0.1) is 0 Å². The van der Waals surface area contributed by atoms with E-state index < -0.39 is 6.10 Å². The number of hydrogen-bond donors (Lipinski definition) is 1. The van der Waals surface area contributed by atoms with Gasteiger partial charge in [-0.3, -0.25) is 0 Å². The minimum Gasteiger partial charge on any atom is -0.388 e. The summed E-state index contributed by atoms with van der Waals surface area (Å²) >= 11 is 5.83. The quantitative estimate of drug-likeness (QED) is 0.660. The normalized spacial score (nSPS) is 21.1. The van der Waals surface area contributed by atoms with Gasteiger partial charge in [0.1, 0.15) is 5.82 Å². The molecule has 0 amide bonds. The summed E-state index contributed by atoms with van der Waals surface area (Å²) in [5.74, 6) is -0.348. The number of rotatable bonds is 0. The third-order valence-corrected chi connectivity index (χ3v) is 2.60. The molecule has 1 nitrogen and oxygen atoms in total. The van der Waals surface area contributed by atoms with Gasteiger partial charge in [-0.1, -0.05) is 11.6 Å². The Morgan fingerprint density at radius 2 is 2.25 bits per heavy atom. The molecule has 1 N–H and O–H groups in total. The second-order valence-corrected chi connectivity index (χ2v) is 3.38. The maximum absolute atomic E-state index is 13.1. The molecule has 0 fully saturated rings. The Balaban J connectivity index is 2.64. The molecule has 2 rings (SSSR count). The zero-order valence-electron chi connectivity index (χ0n) is 6.35. The zero-order valence-corrected chi connectivity index (χ0v) is 7.11. The zero-order chi connectivity index (χ0) is 8.72. The lowest BCUT2D eigenvalue weighted by Gasteiger charge is -2.05. The first kappa shape index (κ1) is 8.02. The van der Waals surface area contributed by atoms with Gasteiger partial charge in [-0.05, 0) is 30.5 Å². The Morgan fingerprint density at radius 3 is 2.92 bits per heavy atom. The minimum atomic E-state index is -0.668. The molecule has 0 saturated carbocycles. The van der Waals surface area contributed by atoms with Gasteiger partial charge in [-0.25, -0.2) is 4.39 Å². The first-order valence-corrected chi connectivity index (χ1v) is 4.23. The summed E-state index contributed by atoms with van der Waals surface area (Å²) in [6, 6.07) is 2.84. The Hall–Kier alpha value is -0.600. The standard InChI is InChI=1S/C9H8ClFO/c10-6-2-3-7(11)9-5(6)1-4-8(9)12/h2-3,8,12H,1,4H2. The lowest BCUT2D eigenvalue weighted by Crippen LogP contribution is -1.95. The fourth-order valence-corrected chi connectivity index (χ4v) is 1.91. The van der Waals surface area contributed by atoms with Crippen LogP contribution in [-0.2, 0) is 6.42 Å². The summed E-state index contributed by atoms with van der Waals surface area (Å²) in [6.07, 6.45) is 0.585. The molecule has 1 atom stereocenters. The van der Waals surface area contributed by atoms with Gasteiger partial charge in [0.15, 0.2) is 0 Å². The van der Waals surface area contributed by atoms with Gasteiger partial charge >= 0.3 is 0 Å². The van der Waals surface area contributed by atoms with E-state index in [1.165, 1.54) is 12.1 Å². The molecule has 0 radical (unpaired) electrons. The smallest absolute Gasteiger partial charge is 0.129 e. The average molecular weight is 187 g/mol. The van der Waals surface area contributed by atoms with Crippen molar-refractivity contribution in [3.63, 3.8) is 0 Å². The van der Waals surface area contributed by atoms with Crippen LogP contribution in [0.3, 0.4) is 0 Å². The monoisotopic (exact) mass is 186 g/mol. The molecule has 1 aromatic rings. The van der Waals surface area contributed by atoms with E-state index in [0.29, 0.717) is 23.4 Å². The molecule has 3 heteroatoms. The molecule has 0 aliphatic heterocycles. The molecule has 0 heterocycles. The molecule has 0 aromatic heterocycles. The van der Waals surface area contributed by atoms with Crippen LogP contribution in [0.2, 0.25) is 5.02 Å². The number of fused-ring (bicyclic) bond motifs is 1. The fraction of sp³-hybridized carbons (Fsp3) is 0.333. The van der Waals surface area contributed by atoms with E-state index in [0.717, 1.165) is 5.56 Å². The van der Waals surface area contributed by atoms with E-state index in [1.54, 1.807) is 0 Å². The highest BCUT2D eigenvalue weighted by atomic mass is 35.5. The topological polar surface area (TPSA) is 20.2 Å². The van der Waals surface area contributed by atoms with Crippen LogP contribution in [0.4, 0.5) is 4.39 Å². The highest BCUT2D eigenvalue weighted by Crippen LogP contribution is 2.36. The summed E-state index contributed by atoms with van der Waals surface area (Å²) < 4.78 is 13.1. The van der Waals surface area contributed by atoms with Crippen LogP contribution in [-0.4, -0.2) is 5.11 Å². The average Bonchev–Trinajstić information content (AvgIpc) is 2.42. The van der Waals surface area contributed by atoms with E-state index in [-0.39, 0.29) is 5.82 Å². The molecule has 0 bridgehead atoms. The maximum Gasteiger partial charge on any atom is 0.129 e. The van der Waals surface area contributed by atoms with E-state index in [4.69, 9.17) is 11.6 Å². The molecule has 0 saturated heterocycles. The number of aliphatic hydroxyl groups excluding tert-OH is 1. The van der Waals surface area contributed by atoms with Crippen LogP contribution in [0.25, 0.3) is 0 Å². The number of aliphatic hydroxyl groups is 1. The van der Waals surface area contributed by atoms with Crippen LogP contribution >= 0.6 is 11.6 Å². The van der Waals surface area contributed by atoms with E-state index >= 15 is 0 Å². The molecular formula is C9H8ClFO. The van der Waals surface area contributed by atoms with Crippen molar-refractivity contribution in [2.24, 2.45) is 0 Å². The summed E-state index contributed by atoms with van der Waals surface area (Å²) in [7, 11) is 0. The minimum absolute atomic E-state index is 0.348. The van der Waals surface area contributed by atoms with Crippen LogP contribution in [0.1, 0.15) is 23.7 Å². The van der Waals surface area contributed by atoms with E-state index in [9.17, 15) is 9.50 Å². The lowest BCUT2D eigenvalue weighted by molar-refractivity contribution is 0.176. The molecule has 1 aliphatic rings. The van der Waals surface area contributed by atoms with E-state index in [2.05, 4.69) is 0 Å². The highest BCUT2D eigenvalue weighted by molar-refractivity contribution is 6.31. The number of halogens is 2. The van der Waals surface area contributed by atoms with Crippen molar-refractivity contribution in [2.75, 3.05) is 0 Å². The van der Waals surface area contributed by atoms with Gasteiger partial charge in [0.05, 0.1) is 6.10 Å². The Kier molecular flexibility index (Phi) is 1.81. The summed E-state index contributed by atoms with van der Waals surface area (Å²) in [4.78, 5) is 0. The molecular weight excluding hydrogens is 179 g/mol. The predicted octanol–water partition coefficient (Wildman–Crippen LogP) is 2.46. The predicted molar refractivity (Wildman–Crippen MR) is 44.7 cm³/mol. The first-order valence-electron chi connectivity index (χ1n) is 3.85. The van der Waals surface area contributed by atoms with Crippen molar-refractivity contribution in [3.05, 3.63) is 34.1 Å². The highest BCUT2D eigenvalue weighted by Gasteiger charge is 2.25. The van der Waals surface area contributed by atoms with Crippen LogP contribution in [0.15, 0.2) is 12.1 Å². The lowest BCUT2D eigenvalue weighted by atomic mass is 10.1. The Labute approximate surface area is 74.8 Å². The van der Waals surface area contributed by atoms with Crippen molar-refractivity contribution in [2.45, 2.75) is 18.9 Å². The summed E-state index contributed by atoms with van der Waals surface area (Å²) in [6.45, 7) is 0. The van der Waals surface area contributed by atoms with E-state index in [1.807, 2.05) is 0 Å². The molecule has 12 heavy (non-hydrogen) atoms. The number of benzene rings is 1. The van der Waals surface area contributed by atoms with Crippen LogP contribution in [0.5, 0.6) is 0 Å². The third kappa shape index (κ3) is 1.03. The third-order valence-electron chi connectivity index (χ3n) is 2.25. The van der Waals surface area contributed by atoms with Crippen molar-refractivity contribution in [1.29, 1.82) is 0 Å². The van der Waals surface area contributed by atoms with Crippen LogP contribution in [0, 0.1) is 5.82 Å². The fourth-order valence-electron chi connectivity index (χ4n) is 1.65. The Bertz CT molecular complexity index is 325. The van der Waals surface area contributed by atoms with Gasteiger partial charge in [0.2, 0.25) is 0 Å². The number of hydrogen-bond acceptors (Lipinski definition) is 1. The largest absolute Gasteiger partial charge is 0.388 e. The maximum atomic E-state index is 13.1. The SMILES string of the molecule is OC1CCc2c(Cl)ccc(F)c21. The van der Waals surface area contributed by atoms with Gasteiger partial charge in [0.25, 0.3) is 0 Å². The second-order valence-electron chi connectivity index (χ2n) is 2.98. The van der Waals surface area contributed by atoms with Gasteiger partial charge in [0, 0.05) is 10.6 Å². The second kappa shape index (κ2) is 2.71. The van der Waals surface area contributed by atoms with Crippen molar-refractivity contribution in [1.82, 2.24) is 0 Å².